The Hall–Kier alpha value is -5.41. The van der Waals surface area contributed by atoms with Gasteiger partial charge in [-0.25, -0.2) is 15.4 Å². The summed E-state index contributed by atoms with van der Waals surface area (Å²) in [5.74, 6) is 0.669. The van der Waals surface area contributed by atoms with E-state index in [1.165, 1.54) is 11.8 Å². The van der Waals surface area contributed by atoms with E-state index in [4.69, 9.17) is 9.72 Å². The molecule has 2 aromatic heterocycles. The van der Waals surface area contributed by atoms with Crippen molar-refractivity contribution in [3.8, 4) is 33.8 Å². The van der Waals surface area contributed by atoms with Crippen molar-refractivity contribution in [1.82, 2.24) is 20.0 Å². The van der Waals surface area contributed by atoms with Gasteiger partial charge >= 0.3 is 0 Å². The third kappa shape index (κ3) is 6.44. The molecule has 0 fully saturated rings. The average molecular weight is 613 g/mol. The van der Waals surface area contributed by atoms with E-state index >= 15 is 0 Å². The molecule has 0 saturated carbocycles. The molecule has 6 aromatic rings. The zero-order chi connectivity index (χ0) is 31.2. The first-order valence-electron chi connectivity index (χ1n) is 14.4. The van der Waals surface area contributed by atoms with E-state index in [1.54, 1.807) is 19.7 Å². The number of hydrazone groups is 1. The topological polar surface area (TPSA) is 84.6 Å². The van der Waals surface area contributed by atoms with Gasteiger partial charge in [0.15, 0.2) is 0 Å². The molecule has 224 valence electrons. The van der Waals surface area contributed by atoms with Gasteiger partial charge in [0.25, 0.3) is 0 Å². The largest absolute Gasteiger partial charge is 0.497 e. The number of carbonyl (C=O) groups excluding carboxylic acids is 1. The van der Waals surface area contributed by atoms with Crippen LogP contribution in [0.4, 0.5) is 5.69 Å². The molecule has 1 N–H and O–H groups in total. The Kier molecular flexibility index (Phi) is 8.89. The lowest BCUT2D eigenvalue weighted by Crippen LogP contribution is -2.19. The molecule has 0 atom stereocenters. The lowest BCUT2D eigenvalue weighted by Gasteiger charge is -2.13. The molecule has 4 aromatic carbocycles. The first-order valence-corrected chi connectivity index (χ1v) is 15.4. The van der Waals surface area contributed by atoms with E-state index in [2.05, 4.69) is 44.3 Å². The van der Waals surface area contributed by atoms with Gasteiger partial charge in [0.05, 0.1) is 30.2 Å². The van der Waals surface area contributed by atoms with Crippen LogP contribution in [0.3, 0.4) is 0 Å². The number of nitrogens with zero attached hydrogens (tertiary/aromatic N) is 5. The molecule has 0 saturated heterocycles. The second kappa shape index (κ2) is 13.5. The molecular formula is C36H32N6O2S. The number of nitrogens with one attached hydrogen (secondary N) is 1. The van der Waals surface area contributed by atoms with Crippen LogP contribution in [-0.2, 0) is 4.79 Å². The van der Waals surface area contributed by atoms with Crippen LogP contribution in [0.15, 0.2) is 126 Å². The maximum absolute atomic E-state index is 12.9. The summed E-state index contributed by atoms with van der Waals surface area (Å²) in [7, 11) is 5.64. The summed E-state index contributed by atoms with van der Waals surface area (Å²) >= 11 is 1.36. The fourth-order valence-corrected chi connectivity index (χ4v) is 5.93. The number of rotatable bonds is 10. The van der Waals surface area contributed by atoms with Crippen LogP contribution >= 0.6 is 11.8 Å². The third-order valence-corrected chi connectivity index (χ3v) is 8.30. The molecular weight excluding hydrogens is 581 g/mol. The van der Waals surface area contributed by atoms with Gasteiger partial charge in [0.1, 0.15) is 22.7 Å². The van der Waals surface area contributed by atoms with E-state index in [1.807, 2.05) is 104 Å². The van der Waals surface area contributed by atoms with Crippen LogP contribution in [0.2, 0.25) is 0 Å². The number of aromatic nitrogens is 3. The summed E-state index contributed by atoms with van der Waals surface area (Å²) in [6, 6.07) is 36.3. The summed E-state index contributed by atoms with van der Waals surface area (Å²) in [6.07, 6.45) is 3.20. The van der Waals surface area contributed by atoms with Gasteiger partial charge in [-0.2, -0.15) is 5.10 Å². The molecule has 1 amide bonds. The molecule has 6 rings (SSSR count). The van der Waals surface area contributed by atoms with Crippen molar-refractivity contribution >= 4 is 40.6 Å². The molecule has 0 radical (unpaired) electrons. The monoisotopic (exact) mass is 612 g/mol. The zero-order valence-corrected chi connectivity index (χ0v) is 26.0. The second-order valence-electron chi connectivity index (χ2n) is 10.4. The highest BCUT2D eigenvalue weighted by Crippen LogP contribution is 2.44. The van der Waals surface area contributed by atoms with Crippen molar-refractivity contribution in [2.24, 2.45) is 5.10 Å². The molecule has 0 unspecified atom stereocenters. The van der Waals surface area contributed by atoms with Crippen LogP contribution in [0.5, 0.6) is 5.75 Å². The summed E-state index contributed by atoms with van der Waals surface area (Å²) in [5.41, 5.74) is 10.4. The fraction of sp³-hybridized carbons (Fsp3) is 0.111. The van der Waals surface area contributed by atoms with Gasteiger partial charge in [0, 0.05) is 31.0 Å². The first kappa shape index (κ1) is 29.7. The molecule has 0 spiro atoms. The standard InChI is InChI=1S/C36H32N6O2S/c1-41(2)28-16-14-25(15-17-28)22-39-40-31(43)23-45-36-33-32(26-10-6-4-7-11-26)34(27-12-8-5-9-13-27)42(35(33)37-24-38-36)29-18-20-30(44-3)21-19-29/h4-22,24H,23H2,1-3H3,(H,40,43)/b39-22+. The Morgan fingerprint density at radius 1 is 0.889 bits per heavy atom. The van der Waals surface area contributed by atoms with Gasteiger partial charge in [-0.3, -0.25) is 9.36 Å². The Labute approximate surface area is 266 Å². The summed E-state index contributed by atoms with van der Waals surface area (Å²) in [6.45, 7) is 0. The average Bonchev–Trinajstić information content (AvgIpc) is 3.44. The molecule has 8 nitrogen and oxygen atoms in total. The van der Waals surface area contributed by atoms with Crippen molar-refractivity contribution in [3.63, 3.8) is 0 Å². The number of anilines is 1. The van der Waals surface area contributed by atoms with Crippen LogP contribution in [0, 0.1) is 0 Å². The van der Waals surface area contributed by atoms with Crippen LogP contribution in [0.25, 0.3) is 39.1 Å². The number of ether oxygens (including phenoxy) is 1. The predicted molar refractivity (Wildman–Crippen MR) is 184 cm³/mol. The Morgan fingerprint density at radius 3 is 2.20 bits per heavy atom. The highest BCUT2D eigenvalue weighted by molar-refractivity contribution is 8.00. The third-order valence-electron chi connectivity index (χ3n) is 7.31. The van der Waals surface area contributed by atoms with Crippen molar-refractivity contribution in [2.75, 3.05) is 31.9 Å². The van der Waals surface area contributed by atoms with Crippen molar-refractivity contribution in [3.05, 3.63) is 121 Å². The van der Waals surface area contributed by atoms with E-state index in [-0.39, 0.29) is 11.7 Å². The maximum Gasteiger partial charge on any atom is 0.250 e. The van der Waals surface area contributed by atoms with E-state index in [9.17, 15) is 4.79 Å². The van der Waals surface area contributed by atoms with Crippen LogP contribution < -0.4 is 15.1 Å². The van der Waals surface area contributed by atoms with E-state index in [0.29, 0.717) is 5.03 Å². The minimum Gasteiger partial charge on any atom is -0.497 e. The summed E-state index contributed by atoms with van der Waals surface area (Å²) in [4.78, 5) is 24.4. The minimum absolute atomic E-state index is 0.131. The number of hydrogen-bond donors (Lipinski definition) is 1. The van der Waals surface area contributed by atoms with E-state index in [0.717, 1.165) is 56.1 Å². The quantitative estimate of drug-likeness (QED) is 0.0771. The molecule has 9 heteroatoms. The van der Waals surface area contributed by atoms with Gasteiger partial charge in [-0.1, -0.05) is 84.6 Å². The number of carbonyl (C=O) groups is 1. The molecule has 0 aliphatic rings. The highest BCUT2D eigenvalue weighted by Gasteiger charge is 2.25. The fourth-order valence-electron chi connectivity index (χ4n) is 5.14. The van der Waals surface area contributed by atoms with Crippen molar-refractivity contribution in [1.29, 1.82) is 0 Å². The van der Waals surface area contributed by atoms with Gasteiger partial charge in [-0.05, 0) is 53.1 Å². The van der Waals surface area contributed by atoms with E-state index < -0.39 is 0 Å². The predicted octanol–water partition coefficient (Wildman–Crippen LogP) is 7.07. The van der Waals surface area contributed by atoms with Crippen LogP contribution in [-0.4, -0.2) is 53.6 Å². The smallest absolute Gasteiger partial charge is 0.250 e. The van der Waals surface area contributed by atoms with Gasteiger partial charge in [0.2, 0.25) is 5.91 Å². The lowest BCUT2D eigenvalue weighted by atomic mass is 9.99. The number of benzene rings is 4. The molecule has 0 aliphatic heterocycles. The zero-order valence-electron chi connectivity index (χ0n) is 25.2. The number of methoxy groups -OCH3 is 1. The highest BCUT2D eigenvalue weighted by atomic mass is 32.2. The summed E-state index contributed by atoms with van der Waals surface area (Å²) < 4.78 is 7.59. The molecule has 45 heavy (non-hydrogen) atoms. The van der Waals surface area contributed by atoms with Gasteiger partial charge < -0.3 is 9.64 Å². The molecule has 2 heterocycles. The first-order chi connectivity index (χ1) is 22.0. The van der Waals surface area contributed by atoms with Crippen molar-refractivity contribution < 1.29 is 9.53 Å². The minimum atomic E-state index is -0.230. The number of amides is 1. The van der Waals surface area contributed by atoms with Crippen LogP contribution in [0.1, 0.15) is 5.56 Å². The maximum atomic E-state index is 12.9. The lowest BCUT2D eigenvalue weighted by molar-refractivity contribution is -0.118. The van der Waals surface area contributed by atoms with Crippen molar-refractivity contribution in [2.45, 2.75) is 5.03 Å². The Balaban J connectivity index is 1.39. The molecule has 0 bridgehead atoms. The Bertz CT molecular complexity index is 1940. The summed E-state index contributed by atoms with van der Waals surface area (Å²) in [5, 5.41) is 5.75. The second-order valence-corrected chi connectivity index (χ2v) is 11.4. The van der Waals surface area contributed by atoms with Gasteiger partial charge in [-0.15, -0.1) is 0 Å². The molecule has 0 aliphatic carbocycles. The number of fused-ring (bicyclic) bond motifs is 1. The number of hydrogen-bond acceptors (Lipinski definition) is 7. The SMILES string of the molecule is COc1ccc(-n2c(-c3ccccc3)c(-c3ccccc3)c3c(SCC(=O)N/N=C/c4ccc(N(C)C)cc4)ncnc32)cc1. The Morgan fingerprint density at radius 2 is 1.56 bits per heavy atom. The number of thioether (sulfide) groups is 1. The normalized spacial score (nSPS) is 11.2.